The number of ether oxygens (including phenoxy) is 7. The molecular weight excluding hydrogens is 840 g/mol. The molecule has 0 aromatic carbocycles. The minimum Gasteiger partial charge on any atom is -0.394 e. The summed E-state index contributed by atoms with van der Waals surface area (Å²) in [6.45, 7) is 1.10. The highest BCUT2D eigenvalue weighted by molar-refractivity contribution is 5.85. The Balaban J connectivity index is 1.38. The fourth-order valence-corrected chi connectivity index (χ4v) is 7.02. The van der Waals surface area contributed by atoms with Gasteiger partial charge < -0.3 is 100.0 Å². The summed E-state index contributed by atoms with van der Waals surface area (Å²) < 4.78 is 37.7. The third-order valence-corrected chi connectivity index (χ3v) is 10.6. The molecule has 0 spiro atoms. The molecule has 3 aliphatic heterocycles. The number of hydrogen-bond donors (Lipinski definition) is 15. The zero-order chi connectivity index (χ0) is 46.4. The average molecular weight is 905 g/mol. The normalized spacial score (nSPS) is 35.8. The van der Waals surface area contributed by atoms with Crippen LogP contribution in [0.5, 0.6) is 0 Å². The van der Waals surface area contributed by atoms with Crippen LogP contribution in [0, 0.1) is 0 Å². The molecule has 3 fully saturated rings. The zero-order valence-corrected chi connectivity index (χ0v) is 34.7. The average Bonchev–Trinajstić information content (AvgIpc) is 3.24. The minimum atomic E-state index is -1.95. The third-order valence-electron chi connectivity index (χ3n) is 10.6. The highest BCUT2D eigenvalue weighted by Gasteiger charge is 2.52. The van der Waals surface area contributed by atoms with E-state index in [-0.39, 0.29) is 45.3 Å². The number of hydrazine groups is 1. The van der Waals surface area contributed by atoms with Crippen molar-refractivity contribution >= 4 is 23.6 Å². The molecule has 0 bridgehead atoms. The van der Waals surface area contributed by atoms with E-state index >= 15 is 0 Å². The van der Waals surface area contributed by atoms with Crippen LogP contribution in [0.3, 0.4) is 0 Å². The first-order chi connectivity index (χ1) is 29.3. The summed E-state index contributed by atoms with van der Waals surface area (Å²) >= 11 is 0. The maximum absolute atomic E-state index is 13.1. The van der Waals surface area contributed by atoms with E-state index in [4.69, 9.17) is 33.2 Å². The topological polar surface area (TPSA) is 404 Å². The molecule has 26 nitrogen and oxygen atoms in total. The Bertz CT molecular complexity index is 1410. The Morgan fingerprint density at radius 1 is 0.710 bits per heavy atom. The molecule has 0 aliphatic carbocycles. The second kappa shape index (κ2) is 25.6. The Morgan fingerprint density at radius 3 is 1.95 bits per heavy atom. The van der Waals surface area contributed by atoms with Gasteiger partial charge >= 0.3 is 0 Å². The minimum absolute atomic E-state index is 0.0571. The van der Waals surface area contributed by atoms with E-state index in [0.29, 0.717) is 0 Å². The highest BCUT2D eigenvalue weighted by Crippen LogP contribution is 2.30. The van der Waals surface area contributed by atoms with Crippen molar-refractivity contribution in [1.82, 2.24) is 21.5 Å². The van der Waals surface area contributed by atoms with Crippen LogP contribution < -0.4 is 21.5 Å². The number of aliphatic hydroxyl groups is 11. The molecule has 3 heterocycles. The van der Waals surface area contributed by atoms with Crippen molar-refractivity contribution < 1.29 is 109 Å². The second-order valence-corrected chi connectivity index (χ2v) is 15.3. The molecule has 360 valence electrons. The molecule has 4 amide bonds. The smallest absolute Gasteiger partial charge is 0.270 e. The number of rotatable bonds is 22. The molecule has 0 aromatic heterocycles. The number of carbonyl (C=O) groups is 4. The van der Waals surface area contributed by atoms with Gasteiger partial charge in [-0.05, 0) is 26.2 Å². The standard InChI is InChI=1S/C36H64N4O22/c1-14-22(38-15(2)42)31(26(50)18(11-41)59-14)61-36-30(54)28(52)32(57-4)33(62-36)34(55)40-39-21(46)8-6-5-7-20(45)37-10-9-16(43)23(47)24(48)17(44)12-58-35-29(53)27(51)25(49)19(60-35)13-56-3/h14,16-19,22-33,35-36,41,43-44,47-54H,5-13H2,1-4H3,(H,37,45)(H,38,42)(H,39,46)(H,40,55)/t14-,16?,17?,18?,19?,22?,23-,24-,25-,26-,27+,28-,29?,30?,31-,32+,33?,35+,36-/m1/s1. The molecule has 8 unspecified atom stereocenters. The van der Waals surface area contributed by atoms with E-state index < -0.39 is 153 Å². The van der Waals surface area contributed by atoms with Gasteiger partial charge in [0.15, 0.2) is 18.7 Å². The summed E-state index contributed by atoms with van der Waals surface area (Å²) in [5.41, 5.74) is 4.31. The number of aliphatic hydroxyl groups excluding tert-OH is 11. The van der Waals surface area contributed by atoms with E-state index in [0.717, 1.165) is 7.11 Å². The van der Waals surface area contributed by atoms with E-state index in [1.165, 1.54) is 14.0 Å². The lowest BCUT2D eigenvalue weighted by atomic mass is 9.92. The van der Waals surface area contributed by atoms with Crippen LogP contribution in [-0.2, 0) is 52.3 Å². The number of carbonyl (C=O) groups excluding carboxylic acids is 4. The van der Waals surface area contributed by atoms with Crippen molar-refractivity contribution in [3.63, 3.8) is 0 Å². The molecular formula is C36H64N4O22. The van der Waals surface area contributed by atoms with Gasteiger partial charge in [-0.15, -0.1) is 0 Å². The molecule has 3 rings (SSSR count). The van der Waals surface area contributed by atoms with Crippen LogP contribution in [0.2, 0.25) is 0 Å². The van der Waals surface area contributed by atoms with E-state index in [1.54, 1.807) is 6.92 Å². The largest absolute Gasteiger partial charge is 0.394 e. The fourth-order valence-electron chi connectivity index (χ4n) is 7.02. The van der Waals surface area contributed by atoms with Gasteiger partial charge in [0.2, 0.25) is 17.7 Å². The predicted molar refractivity (Wildman–Crippen MR) is 202 cm³/mol. The number of nitrogens with one attached hydrogen (secondary N) is 4. The third kappa shape index (κ3) is 14.6. The van der Waals surface area contributed by atoms with E-state index in [2.05, 4.69) is 21.5 Å². The monoisotopic (exact) mass is 904 g/mol. The lowest BCUT2D eigenvalue weighted by molar-refractivity contribution is -0.325. The summed E-state index contributed by atoms with van der Waals surface area (Å²) in [6, 6.07) is -1.01. The Hall–Kier alpha value is -2.84. The molecule has 0 aromatic rings. The van der Waals surface area contributed by atoms with Gasteiger partial charge in [0.1, 0.15) is 79.4 Å². The molecule has 26 heteroatoms. The molecule has 0 saturated carbocycles. The van der Waals surface area contributed by atoms with Crippen molar-refractivity contribution in [2.24, 2.45) is 0 Å². The maximum Gasteiger partial charge on any atom is 0.270 e. The van der Waals surface area contributed by atoms with Gasteiger partial charge in [0.25, 0.3) is 5.91 Å². The summed E-state index contributed by atoms with van der Waals surface area (Å²) in [5, 5.41) is 119. The van der Waals surface area contributed by atoms with Crippen molar-refractivity contribution in [3.8, 4) is 0 Å². The first kappa shape index (κ1) is 53.5. The van der Waals surface area contributed by atoms with Gasteiger partial charge in [-0.25, -0.2) is 0 Å². The molecule has 19 atom stereocenters. The van der Waals surface area contributed by atoms with Crippen LogP contribution in [-0.4, -0.2) is 237 Å². The van der Waals surface area contributed by atoms with Gasteiger partial charge in [-0.3, -0.25) is 30.0 Å². The zero-order valence-electron chi connectivity index (χ0n) is 34.7. The van der Waals surface area contributed by atoms with Crippen molar-refractivity contribution in [1.29, 1.82) is 0 Å². The molecule has 3 saturated heterocycles. The predicted octanol–water partition coefficient (Wildman–Crippen LogP) is -8.39. The van der Waals surface area contributed by atoms with Crippen LogP contribution >= 0.6 is 0 Å². The summed E-state index contributed by atoms with van der Waals surface area (Å²) in [5.74, 6) is -2.69. The number of unbranched alkanes of at least 4 members (excludes halogenated alkanes) is 1. The summed E-state index contributed by atoms with van der Waals surface area (Å²) in [4.78, 5) is 49.8. The fraction of sp³-hybridized carbons (Fsp3) is 0.889. The van der Waals surface area contributed by atoms with Crippen LogP contribution in [0.4, 0.5) is 0 Å². The number of amides is 4. The molecule has 3 aliphatic rings. The van der Waals surface area contributed by atoms with Gasteiger partial charge in [0.05, 0.1) is 38.1 Å². The molecule has 15 N–H and O–H groups in total. The van der Waals surface area contributed by atoms with E-state index in [9.17, 15) is 75.3 Å². The maximum atomic E-state index is 13.1. The Kier molecular flexibility index (Phi) is 22.1. The lowest BCUT2D eigenvalue weighted by Crippen LogP contribution is -2.68. The van der Waals surface area contributed by atoms with E-state index in [1.807, 2.05) is 0 Å². The second-order valence-electron chi connectivity index (χ2n) is 15.3. The first-order valence-electron chi connectivity index (χ1n) is 20.1. The Labute approximate surface area is 356 Å². The van der Waals surface area contributed by atoms with Crippen molar-refractivity contribution in [2.45, 2.75) is 162 Å². The number of hydrogen-bond acceptors (Lipinski definition) is 22. The van der Waals surface area contributed by atoms with Crippen LogP contribution in [0.15, 0.2) is 0 Å². The van der Waals surface area contributed by atoms with Gasteiger partial charge in [0, 0.05) is 40.5 Å². The molecule has 0 radical (unpaired) electrons. The van der Waals surface area contributed by atoms with Crippen molar-refractivity contribution in [2.75, 3.05) is 40.6 Å². The van der Waals surface area contributed by atoms with Gasteiger partial charge in [-0.2, -0.15) is 0 Å². The van der Waals surface area contributed by atoms with Crippen LogP contribution in [0.25, 0.3) is 0 Å². The quantitative estimate of drug-likeness (QED) is 0.0354. The van der Waals surface area contributed by atoms with Crippen molar-refractivity contribution in [3.05, 3.63) is 0 Å². The SMILES string of the molecule is COCC1O[C@H](OCC(O)[C@@H](O)[C@H](O)C(O)CCNC(=O)CCCCC(=O)NNC(=O)C2O[C@@H](O[C@@H]3C(NC(C)=O)[C@@H](C)OC(CO)[C@H]3O)C(O)[C@@H](O)[C@@H]2OC)C(O)[C@@H](O)[C@@H]1O. The summed E-state index contributed by atoms with van der Waals surface area (Å²) in [7, 11) is 2.45. The highest BCUT2D eigenvalue weighted by atomic mass is 16.7. The summed E-state index contributed by atoms with van der Waals surface area (Å²) in [6.07, 6.45) is -28.2. The number of methoxy groups -OCH3 is 2. The first-order valence-corrected chi connectivity index (χ1v) is 20.1. The van der Waals surface area contributed by atoms with Gasteiger partial charge in [-0.1, -0.05) is 0 Å². The van der Waals surface area contributed by atoms with Crippen LogP contribution in [0.1, 0.15) is 46.0 Å². The lowest BCUT2D eigenvalue weighted by Gasteiger charge is -2.47. The Morgan fingerprint density at radius 2 is 1.34 bits per heavy atom. The molecule has 62 heavy (non-hydrogen) atoms.